The molecule has 0 spiro atoms. The third-order valence-electron chi connectivity index (χ3n) is 9.88. The zero-order valence-electron chi connectivity index (χ0n) is 26.6. The molecule has 3 heteroatoms. The van der Waals surface area contributed by atoms with Gasteiger partial charge in [-0.1, -0.05) is 158 Å². The number of hydrogen-bond donors (Lipinski definition) is 0. The molecule has 0 bridgehead atoms. The fourth-order valence-electron chi connectivity index (χ4n) is 7.59. The zero-order valence-corrected chi connectivity index (χ0v) is 26.6. The van der Waals surface area contributed by atoms with Crippen LogP contribution < -0.4 is 0 Å². The van der Waals surface area contributed by atoms with Crippen molar-refractivity contribution in [2.75, 3.05) is 0 Å². The first-order valence-corrected chi connectivity index (χ1v) is 16.7. The number of rotatable bonds is 4. The molecule has 0 unspecified atom stereocenters. The van der Waals surface area contributed by atoms with Crippen LogP contribution >= 0.6 is 0 Å². The Labute approximate surface area is 283 Å². The topological polar surface area (TPSA) is 30.7 Å². The number of aromatic nitrogens is 3. The second-order valence-corrected chi connectivity index (χ2v) is 12.6. The molecule has 0 amide bonds. The SMILES string of the molecule is c1ccc(-c2cccc3c2c2cc4ccccc4cc2n3-c2nnc(-c3ccc(-c4cccc5ccccc45)cc3)c3ccccc23)cc1. The van der Waals surface area contributed by atoms with E-state index in [1.54, 1.807) is 0 Å². The highest BCUT2D eigenvalue weighted by molar-refractivity contribution is 6.19. The molecule has 49 heavy (non-hydrogen) atoms. The lowest BCUT2D eigenvalue weighted by Gasteiger charge is -2.13. The minimum absolute atomic E-state index is 0.826. The Kier molecular flexibility index (Phi) is 6.18. The minimum atomic E-state index is 0.826. The second-order valence-electron chi connectivity index (χ2n) is 12.6. The van der Waals surface area contributed by atoms with Gasteiger partial charge in [0.05, 0.1) is 11.0 Å². The van der Waals surface area contributed by atoms with Crippen molar-refractivity contribution in [2.45, 2.75) is 0 Å². The first-order valence-electron chi connectivity index (χ1n) is 16.7. The van der Waals surface area contributed by atoms with Gasteiger partial charge < -0.3 is 0 Å². The van der Waals surface area contributed by atoms with Crippen LogP contribution in [0.2, 0.25) is 0 Å². The van der Waals surface area contributed by atoms with E-state index in [0.29, 0.717) is 0 Å². The maximum atomic E-state index is 5.04. The third kappa shape index (κ3) is 4.37. The average molecular weight is 624 g/mol. The van der Waals surface area contributed by atoms with Gasteiger partial charge in [0.2, 0.25) is 0 Å². The summed E-state index contributed by atoms with van der Waals surface area (Å²) in [5.41, 5.74) is 8.95. The molecule has 3 nitrogen and oxygen atoms in total. The van der Waals surface area contributed by atoms with E-state index in [1.165, 1.54) is 54.6 Å². The Morgan fingerprint density at radius 3 is 1.76 bits per heavy atom. The van der Waals surface area contributed by atoms with E-state index in [-0.39, 0.29) is 0 Å². The Balaban J connectivity index is 1.19. The molecule has 8 aromatic carbocycles. The molecular formula is C46H29N3. The number of hydrogen-bond acceptors (Lipinski definition) is 2. The monoisotopic (exact) mass is 623 g/mol. The third-order valence-corrected chi connectivity index (χ3v) is 9.88. The van der Waals surface area contributed by atoms with Gasteiger partial charge in [0.1, 0.15) is 5.69 Å². The second kappa shape index (κ2) is 11.0. The van der Waals surface area contributed by atoms with Gasteiger partial charge in [0.15, 0.2) is 5.82 Å². The lowest BCUT2D eigenvalue weighted by atomic mass is 9.96. The highest BCUT2D eigenvalue weighted by Gasteiger charge is 2.21. The Morgan fingerprint density at radius 2 is 0.939 bits per heavy atom. The van der Waals surface area contributed by atoms with Crippen molar-refractivity contribution in [1.82, 2.24) is 14.8 Å². The summed E-state index contributed by atoms with van der Waals surface area (Å²) in [6.07, 6.45) is 0. The molecule has 0 saturated carbocycles. The summed E-state index contributed by atoms with van der Waals surface area (Å²) in [7, 11) is 0. The van der Waals surface area contributed by atoms with Gasteiger partial charge in [0, 0.05) is 27.1 Å². The fourth-order valence-corrected chi connectivity index (χ4v) is 7.59. The summed E-state index contributed by atoms with van der Waals surface area (Å²) in [6, 6.07) is 62.8. The van der Waals surface area contributed by atoms with Crippen LogP contribution in [0.3, 0.4) is 0 Å². The van der Waals surface area contributed by atoms with Crippen molar-refractivity contribution in [1.29, 1.82) is 0 Å². The van der Waals surface area contributed by atoms with Gasteiger partial charge in [-0.05, 0) is 62.0 Å². The van der Waals surface area contributed by atoms with Crippen LogP contribution in [0, 0.1) is 0 Å². The molecule has 2 aromatic heterocycles. The number of fused-ring (bicyclic) bond motifs is 6. The Bertz CT molecular complexity index is 2860. The molecule has 0 fully saturated rings. The van der Waals surface area contributed by atoms with Crippen molar-refractivity contribution in [2.24, 2.45) is 0 Å². The van der Waals surface area contributed by atoms with E-state index in [2.05, 4.69) is 180 Å². The molecule has 0 aliphatic rings. The van der Waals surface area contributed by atoms with E-state index in [0.717, 1.165) is 38.9 Å². The standard InChI is InChI=1S/C46H29N3/c1-2-12-31(13-3-1)38-22-11-23-42-44(38)41-28-34-15-4-5-16-35(34)29-43(41)49(42)46-40-20-9-8-19-39(40)45(47-48-46)33-26-24-32(25-27-33)37-21-10-17-30-14-6-7-18-36(30)37/h1-29H. The molecule has 0 radical (unpaired) electrons. The molecule has 2 heterocycles. The first-order chi connectivity index (χ1) is 24.3. The van der Waals surface area contributed by atoms with Gasteiger partial charge in [-0.2, -0.15) is 0 Å². The molecule has 228 valence electrons. The maximum Gasteiger partial charge on any atom is 0.168 e. The van der Waals surface area contributed by atoms with Crippen molar-refractivity contribution in [3.8, 4) is 39.3 Å². The highest BCUT2D eigenvalue weighted by atomic mass is 15.2. The summed E-state index contributed by atoms with van der Waals surface area (Å²) < 4.78 is 2.31. The van der Waals surface area contributed by atoms with E-state index < -0.39 is 0 Å². The van der Waals surface area contributed by atoms with Crippen LogP contribution in [0.15, 0.2) is 176 Å². The van der Waals surface area contributed by atoms with Gasteiger partial charge >= 0.3 is 0 Å². The summed E-state index contributed by atoms with van der Waals surface area (Å²) in [6.45, 7) is 0. The quantitative estimate of drug-likeness (QED) is 0.195. The largest absolute Gasteiger partial charge is 0.292 e. The maximum absolute atomic E-state index is 5.04. The zero-order chi connectivity index (χ0) is 32.3. The Morgan fingerprint density at radius 1 is 0.347 bits per heavy atom. The molecule has 0 aliphatic carbocycles. The van der Waals surface area contributed by atoms with Crippen LogP contribution in [0.1, 0.15) is 0 Å². The predicted molar refractivity (Wildman–Crippen MR) is 205 cm³/mol. The van der Waals surface area contributed by atoms with Crippen molar-refractivity contribution < 1.29 is 0 Å². The molecule has 0 saturated heterocycles. The summed E-state index contributed by atoms with van der Waals surface area (Å²) in [5, 5.41) is 19.5. The summed E-state index contributed by atoms with van der Waals surface area (Å²) >= 11 is 0. The average Bonchev–Trinajstić information content (AvgIpc) is 3.50. The molecule has 10 rings (SSSR count). The van der Waals surface area contributed by atoms with Crippen LogP contribution in [-0.4, -0.2) is 14.8 Å². The summed E-state index contributed by atoms with van der Waals surface area (Å²) in [5.74, 6) is 0.826. The van der Waals surface area contributed by atoms with E-state index in [9.17, 15) is 0 Å². The van der Waals surface area contributed by atoms with Crippen molar-refractivity contribution in [3.05, 3.63) is 176 Å². The highest BCUT2D eigenvalue weighted by Crippen LogP contribution is 2.41. The van der Waals surface area contributed by atoms with Gasteiger partial charge in [-0.15, -0.1) is 10.2 Å². The minimum Gasteiger partial charge on any atom is -0.292 e. The van der Waals surface area contributed by atoms with Crippen molar-refractivity contribution in [3.63, 3.8) is 0 Å². The lowest BCUT2D eigenvalue weighted by Crippen LogP contribution is -2.02. The van der Waals surface area contributed by atoms with E-state index in [1.807, 2.05) is 0 Å². The number of nitrogens with zero attached hydrogens (tertiary/aromatic N) is 3. The normalized spacial score (nSPS) is 11.7. The first kappa shape index (κ1) is 27.5. The molecule has 10 aromatic rings. The molecule has 0 aliphatic heterocycles. The molecular weight excluding hydrogens is 595 g/mol. The van der Waals surface area contributed by atoms with Gasteiger partial charge in [-0.3, -0.25) is 4.57 Å². The summed E-state index contributed by atoms with van der Waals surface area (Å²) in [4.78, 5) is 0. The van der Waals surface area contributed by atoms with Gasteiger partial charge in [0.25, 0.3) is 0 Å². The van der Waals surface area contributed by atoms with E-state index >= 15 is 0 Å². The smallest absolute Gasteiger partial charge is 0.168 e. The van der Waals surface area contributed by atoms with Crippen LogP contribution in [-0.2, 0) is 0 Å². The predicted octanol–water partition coefficient (Wildman–Crippen LogP) is 12.0. The van der Waals surface area contributed by atoms with Crippen LogP contribution in [0.25, 0.3) is 93.5 Å². The molecule has 0 atom stereocenters. The van der Waals surface area contributed by atoms with Crippen LogP contribution in [0.5, 0.6) is 0 Å². The number of benzene rings is 8. The van der Waals surface area contributed by atoms with E-state index in [4.69, 9.17) is 10.2 Å². The fraction of sp³-hybridized carbons (Fsp3) is 0. The lowest BCUT2D eigenvalue weighted by molar-refractivity contribution is 0.977. The molecule has 0 N–H and O–H groups in total. The van der Waals surface area contributed by atoms with Gasteiger partial charge in [-0.25, -0.2) is 0 Å². The van der Waals surface area contributed by atoms with Crippen molar-refractivity contribution >= 4 is 54.1 Å². The van der Waals surface area contributed by atoms with Crippen LogP contribution in [0.4, 0.5) is 0 Å². The Hall–Kier alpha value is -6.58.